The van der Waals surface area contributed by atoms with Gasteiger partial charge in [0, 0.05) is 0 Å². The van der Waals surface area contributed by atoms with Gasteiger partial charge in [0.05, 0.1) is 0 Å². The Morgan fingerprint density at radius 2 is 0.875 bits per heavy atom. The van der Waals surface area contributed by atoms with Crippen molar-refractivity contribution in [3.8, 4) is 0 Å². The second-order valence-electron chi connectivity index (χ2n) is 0.600. The van der Waals surface area contributed by atoms with Crippen molar-refractivity contribution < 1.29 is 23.9 Å². The third kappa shape index (κ3) is 115. The van der Waals surface area contributed by atoms with Gasteiger partial charge in [-0.05, 0) is 0 Å². The van der Waals surface area contributed by atoms with Gasteiger partial charge in [-0.15, -0.1) is 0 Å². The molecule has 4 N–H and O–H groups in total. The Morgan fingerprint density at radius 3 is 0.875 bits per heavy atom. The Kier molecular flexibility index (Phi) is 24.7. The van der Waals surface area contributed by atoms with Crippen LogP contribution in [0, 0.1) is 0 Å². The Bertz CT molecular complexity index is 31.5. The number of hydrogen-bond acceptors (Lipinski definition) is 4. The molecule has 0 heterocycles. The average molecular weight is 166 g/mol. The average Bonchev–Trinajstić information content (AvgIpc) is 0.722. The first-order valence-corrected chi connectivity index (χ1v) is 2.68. The van der Waals surface area contributed by atoms with E-state index in [4.69, 9.17) is 19.2 Å². The fourth-order valence-electron chi connectivity index (χ4n) is 0. The van der Waals surface area contributed by atoms with Crippen molar-refractivity contribution in [3.05, 3.63) is 0 Å². The quantitative estimate of drug-likeness (QED) is 0.276. The zero-order chi connectivity index (χ0) is 4.50. The third-order valence-electron chi connectivity index (χ3n) is 0. The molecular weight excluding hydrogens is 158 g/mol. The molecule has 0 aromatic carbocycles. The summed E-state index contributed by atoms with van der Waals surface area (Å²) in [6, 6.07) is 0. The summed E-state index contributed by atoms with van der Waals surface area (Å²) in [4.78, 5) is 29.3. The molecule has 0 amide bonds. The van der Waals surface area contributed by atoms with E-state index in [1.165, 1.54) is 0 Å². The molecule has 0 bridgehead atoms. The van der Waals surface area contributed by atoms with Crippen molar-refractivity contribution in [2.24, 2.45) is 0 Å². The summed E-state index contributed by atoms with van der Waals surface area (Å²) in [6.07, 6.45) is 0. The maximum atomic E-state index is 7.33. The summed E-state index contributed by atoms with van der Waals surface area (Å²) in [5, 5.41) is 0. The monoisotopic (exact) mass is 166 g/mol. The van der Waals surface area contributed by atoms with Gasteiger partial charge in [-0.1, -0.05) is 0 Å². The van der Waals surface area contributed by atoms with Crippen LogP contribution < -0.4 is 0 Å². The second-order valence-corrected chi connectivity index (χ2v) is 1.80. The topological polar surface area (TPSA) is 80.9 Å². The summed E-state index contributed by atoms with van der Waals surface area (Å²) in [7, 11) is -4.61. The number of halogens is 1. The van der Waals surface area contributed by atoms with E-state index in [0.29, 0.717) is 0 Å². The third-order valence-corrected chi connectivity index (χ3v) is 0. The van der Waals surface area contributed by atoms with Crippen molar-refractivity contribution in [1.82, 2.24) is 0 Å². The Balaban J connectivity index is -0.0000000267. The fourth-order valence-corrected chi connectivity index (χ4v) is 0. The summed E-state index contributed by atoms with van der Waals surface area (Å²) in [5.41, 5.74) is 0. The van der Waals surface area contributed by atoms with Crippen LogP contribution in [0.4, 0.5) is 4.70 Å². The number of hydrogen-bond donors (Lipinski definition) is 4. The standard InChI is InChI=1S/FH.Mg.Na.H4O4Si.3H/c;;;1-5(2,3)4;;;/h1H;;;1-4H;;;. The predicted molar refractivity (Wildman–Crippen MR) is 32.8 cm³/mol. The van der Waals surface area contributed by atoms with Gasteiger partial charge in [0.25, 0.3) is 0 Å². The molecule has 0 spiro atoms. The van der Waals surface area contributed by atoms with Crippen molar-refractivity contribution >= 4 is 61.7 Å². The van der Waals surface area contributed by atoms with Gasteiger partial charge in [0.1, 0.15) is 0 Å². The molecule has 0 unspecified atom stereocenters. The van der Waals surface area contributed by atoms with Crippen molar-refractivity contribution in [3.63, 3.8) is 0 Å². The van der Waals surface area contributed by atoms with E-state index in [1.807, 2.05) is 0 Å². The van der Waals surface area contributed by atoms with E-state index in [9.17, 15) is 0 Å². The first-order valence-electron chi connectivity index (χ1n) is 0.894. The fraction of sp³-hybridized carbons (Fsp3) is 0. The Hall–Kier alpha value is 1.75. The van der Waals surface area contributed by atoms with Crippen LogP contribution in [0.5, 0.6) is 0 Å². The van der Waals surface area contributed by atoms with Crippen LogP contribution in [0.3, 0.4) is 0 Å². The van der Waals surface area contributed by atoms with E-state index in [2.05, 4.69) is 0 Å². The SMILES string of the molecule is F.O[Si](O)(O)O.[MgH2].[NaH]. The maximum absolute atomic E-state index is 7.33. The zero-order valence-corrected chi connectivity index (χ0v) is 3.70. The second kappa shape index (κ2) is 8.75. The molecule has 0 aliphatic heterocycles. The van der Waals surface area contributed by atoms with Crippen molar-refractivity contribution in [1.29, 1.82) is 0 Å². The summed E-state index contributed by atoms with van der Waals surface area (Å²) in [5.74, 6) is 0. The van der Waals surface area contributed by atoms with Gasteiger partial charge >= 0.3 is 61.7 Å². The summed E-state index contributed by atoms with van der Waals surface area (Å²) < 4.78 is 0. The molecule has 0 fully saturated rings. The zero-order valence-electron chi connectivity index (χ0n) is 2.70. The van der Waals surface area contributed by atoms with Crippen LogP contribution in [0.15, 0.2) is 0 Å². The van der Waals surface area contributed by atoms with E-state index in [1.54, 1.807) is 0 Å². The molecular formula is H8FMgNaO4Si. The van der Waals surface area contributed by atoms with Gasteiger partial charge in [-0.25, -0.2) is 0 Å². The minimum absolute atomic E-state index is 0. The van der Waals surface area contributed by atoms with Crippen LogP contribution in [0.2, 0.25) is 0 Å². The normalized spacial score (nSPS) is 7.50. The van der Waals surface area contributed by atoms with Gasteiger partial charge in [-0.2, -0.15) is 0 Å². The Morgan fingerprint density at radius 1 is 0.875 bits per heavy atom. The molecule has 4 nitrogen and oxygen atoms in total. The summed E-state index contributed by atoms with van der Waals surface area (Å²) in [6.45, 7) is 0. The van der Waals surface area contributed by atoms with Gasteiger partial charge < -0.3 is 19.2 Å². The van der Waals surface area contributed by atoms with Crippen LogP contribution in [-0.4, -0.2) is 80.8 Å². The summed E-state index contributed by atoms with van der Waals surface area (Å²) >= 11 is 0. The van der Waals surface area contributed by atoms with Crippen LogP contribution in [0.25, 0.3) is 0 Å². The van der Waals surface area contributed by atoms with Crippen LogP contribution in [0.1, 0.15) is 0 Å². The van der Waals surface area contributed by atoms with Gasteiger partial charge in [-0.3, -0.25) is 4.70 Å². The molecule has 46 valence electrons. The molecule has 0 aliphatic rings. The molecule has 0 aromatic heterocycles. The van der Waals surface area contributed by atoms with Gasteiger partial charge in [0.2, 0.25) is 0 Å². The Labute approximate surface area is 84.8 Å². The van der Waals surface area contributed by atoms with Gasteiger partial charge in [0.15, 0.2) is 0 Å². The van der Waals surface area contributed by atoms with Crippen molar-refractivity contribution in [2.75, 3.05) is 0 Å². The van der Waals surface area contributed by atoms with Crippen molar-refractivity contribution in [2.45, 2.75) is 0 Å². The molecule has 0 saturated heterocycles. The van der Waals surface area contributed by atoms with Crippen LogP contribution >= 0.6 is 0 Å². The molecule has 0 saturated carbocycles. The molecule has 0 radical (unpaired) electrons. The van der Waals surface area contributed by atoms with E-state index in [0.717, 1.165) is 0 Å². The molecule has 0 aromatic rings. The van der Waals surface area contributed by atoms with E-state index < -0.39 is 9.05 Å². The predicted octanol–water partition coefficient (Wildman–Crippen LogP) is -4.02. The first kappa shape index (κ1) is 22.6. The minimum atomic E-state index is -4.61. The number of rotatable bonds is 0. The molecule has 0 atom stereocenters. The molecule has 8 heavy (non-hydrogen) atoms. The molecule has 0 rings (SSSR count). The molecule has 8 heteroatoms. The van der Waals surface area contributed by atoms with E-state index in [-0.39, 0.29) is 57.3 Å². The first-order chi connectivity index (χ1) is 2.00. The molecule has 0 aliphatic carbocycles. The van der Waals surface area contributed by atoms with Crippen LogP contribution in [-0.2, 0) is 0 Å². The van der Waals surface area contributed by atoms with E-state index >= 15 is 0 Å².